The number of hydrogen-bond donors (Lipinski definition) is 0. The molecular weight excluding hydrogens is 391 g/mol. The Balaban J connectivity index is 2.51. The van der Waals surface area contributed by atoms with Crippen LogP contribution in [0.2, 0.25) is 0 Å². The van der Waals surface area contributed by atoms with E-state index in [4.69, 9.17) is 4.74 Å². The van der Waals surface area contributed by atoms with Crippen molar-refractivity contribution in [1.29, 1.82) is 0 Å². The zero-order valence-electron chi connectivity index (χ0n) is 10.7. The molecule has 96 valence electrons. The molecule has 0 aliphatic heterocycles. The summed E-state index contributed by atoms with van der Waals surface area (Å²) in [5.41, 5.74) is 1.60. The second-order valence-corrected chi connectivity index (χ2v) is 7.17. The summed E-state index contributed by atoms with van der Waals surface area (Å²) in [7, 11) is 0. The summed E-state index contributed by atoms with van der Waals surface area (Å²) in [5, 5.41) is 0. The maximum Gasteiger partial charge on any atom is 0.0914 e. The number of hydrogen-bond acceptors (Lipinski definition) is 1. The molecule has 0 fully saturated rings. The van der Waals surface area contributed by atoms with Crippen LogP contribution in [0.15, 0.2) is 28.7 Å². The molecule has 0 aromatic heterocycles. The summed E-state index contributed by atoms with van der Waals surface area (Å²) in [6.07, 6.45) is 1.31. The molecule has 0 amide bonds. The minimum atomic E-state index is 0.214. The Bertz CT molecular complexity index is 329. The Hall–Kier alpha value is 0.390. The van der Waals surface area contributed by atoms with E-state index in [1.54, 1.807) is 0 Å². The molecule has 1 unspecified atom stereocenters. The monoisotopic (exact) mass is 410 g/mol. The van der Waals surface area contributed by atoms with Gasteiger partial charge in [-0.25, -0.2) is 0 Å². The van der Waals surface area contributed by atoms with Crippen LogP contribution in [0.25, 0.3) is 0 Å². The van der Waals surface area contributed by atoms with Gasteiger partial charge in [0.15, 0.2) is 0 Å². The van der Waals surface area contributed by atoms with Gasteiger partial charge in [0.05, 0.1) is 6.10 Å². The van der Waals surface area contributed by atoms with Crippen LogP contribution in [0.1, 0.15) is 38.9 Å². The summed E-state index contributed by atoms with van der Waals surface area (Å²) in [5.74, 6) is 0. The molecule has 0 saturated carbocycles. The van der Waals surface area contributed by atoms with Crippen molar-refractivity contribution in [3.63, 3.8) is 0 Å². The lowest BCUT2D eigenvalue weighted by Gasteiger charge is -2.21. The van der Waals surface area contributed by atoms with Crippen LogP contribution in [0.3, 0.4) is 0 Å². The van der Waals surface area contributed by atoms with E-state index in [1.165, 1.54) is 5.56 Å². The molecule has 1 rings (SSSR count). The molecule has 0 heterocycles. The van der Waals surface area contributed by atoms with Crippen molar-refractivity contribution in [1.82, 2.24) is 0 Å². The van der Waals surface area contributed by atoms with Crippen molar-refractivity contribution in [2.24, 2.45) is 5.41 Å². The molecule has 0 radical (unpaired) electrons. The third-order valence-corrected chi connectivity index (χ3v) is 3.88. The van der Waals surface area contributed by atoms with E-state index in [0.29, 0.717) is 5.41 Å². The first-order valence-corrected chi connectivity index (χ1v) is 8.17. The smallest absolute Gasteiger partial charge is 0.0914 e. The predicted molar refractivity (Wildman–Crippen MR) is 85.8 cm³/mol. The molecule has 1 aromatic rings. The topological polar surface area (TPSA) is 9.23 Å². The quantitative estimate of drug-likeness (QED) is 0.467. The van der Waals surface area contributed by atoms with Gasteiger partial charge in [-0.1, -0.05) is 71.4 Å². The predicted octanol–water partition coefficient (Wildman–Crippen LogP) is 5.38. The Morgan fingerprint density at radius 1 is 1.24 bits per heavy atom. The lowest BCUT2D eigenvalue weighted by Crippen LogP contribution is -2.13. The van der Waals surface area contributed by atoms with Crippen molar-refractivity contribution < 1.29 is 4.74 Å². The van der Waals surface area contributed by atoms with Crippen LogP contribution in [0.4, 0.5) is 0 Å². The summed E-state index contributed by atoms with van der Waals surface area (Å²) in [4.78, 5) is 0. The maximum atomic E-state index is 5.97. The van der Waals surface area contributed by atoms with Gasteiger partial charge in [-0.15, -0.1) is 0 Å². The molecule has 1 aromatic carbocycles. The Morgan fingerprint density at radius 3 is 2.29 bits per heavy atom. The van der Waals surface area contributed by atoms with Crippen molar-refractivity contribution >= 4 is 38.5 Å². The first-order chi connectivity index (χ1) is 7.92. The van der Waals surface area contributed by atoms with E-state index in [2.05, 4.69) is 83.6 Å². The normalized spacial score (nSPS) is 13.7. The van der Waals surface area contributed by atoms with Crippen LogP contribution >= 0.6 is 38.5 Å². The fraction of sp³-hybridized carbons (Fsp3) is 0.571. The Kier molecular flexibility index (Phi) is 6.45. The molecule has 0 spiro atoms. The lowest BCUT2D eigenvalue weighted by atomic mass is 9.93. The number of benzene rings is 1. The molecule has 1 atom stereocenters. The highest BCUT2D eigenvalue weighted by atomic mass is 127. The van der Waals surface area contributed by atoms with Gasteiger partial charge in [0.2, 0.25) is 0 Å². The van der Waals surface area contributed by atoms with Gasteiger partial charge in [0.1, 0.15) is 0 Å². The Labute approximate surface area is 127 Å². The average Bonchev–Trinajstić information content (AvgIpc) is 2.24. The fourth-order valence-electron chi connectivity index (χ4n) is 1.41. The highest BCUT2D eigenvalue weighted by Crippen LogP contribution is 2.24. The number of halogens is 2. The highest BCUT2D eigenvalue weighted by Gasteiger charge is 2.14. The molecule has 0 aliphatic rings. The summed E-state index contributed by atoms with van der Waals surface area (Å²) < 4.78 is 8.07. The zero-order chi connectivity index (χ0) is 12.9. The van der Waals surface area contributed by atoms with Crippen LogP contribution < -0.4 is 0 Å². The van der Waals surface area contributed by atoms with Gasteiger partial charge in [-0.2, -0.15) is 0 Å². The van der Waals surface area contributed by atoms with Gasteiger partial charge in [-0.05, 0) is 29.5 Å². The molecule has 3 heteroatoms. The summed E-state index contributed by atoms with van der Waals surface area (Å²) in [6.45, 7) is 7.56. The molecule has 0 N–H and O–H groups in total. The fourth-order valence-corrected chi connectivity index (χ4v) is 2.44. The molecule has 17 heavy (non-hydrogen) atoms. The van der Waals surface area contributed by atoms with Gasteiger partial charge >= 0.3 is 0 Å². The van der Waals surface area contributed by atoms with Crippen molar-refractivity contribution in [2.75, 3.05) is 11.0 Å². The molecule has 0 saturated heterocycles. The zero-order valence-corrected chi connectivity index (χ0v) is 14.4. The van der Waals surface area contributed by atoms with E-state index in [-0.39, 0.29) is 6.10 Å². The lowest BCUT2D eigenvalue weighted by molar-refractivity contribution is 0.0531. The minimum absolute atomic E-state index is 0.214. The molecule has 0 aliphatic carbocycles. The third kappa shape index (κ3) is 6.20. The standard InChI is InChI=1S/C14H20BrIO/c1-14(2,3)8-9-17-13(10-16)11-4-6-12(15)7-5-11/h4-7,13H,8-10H2,1-3H3. The number of alkyl halides is 1. The van der Waals surface area contributed by atoms with Crippen LogP contribution in [0, 0.1) is 5.41 Å². The minimum Gasteiger partial charge on any atom is -0.373 e. The van der Waals surface area contributed by atoms with Gasteiger partial charge in [0.25, 0.3) is 0 Å². The van der Waals surface area contributed by atoms with E-state index < -0.39 is 0 Å². The first-order valence-electron chi connectivity index (χ1n) is 5.85. The first kappa shape index (κ1) is 15.4. The number of ether oxygens (including phenoxy) is 1. The number of rotatable bonds is 5. The van der Waals surface area contributed by atoms with Gasteiger partial charge in [-0.3, -0.25) is 0 Å². The molecule has 0 bridgehead atoms. The summed E-state index contributed by atoms with van der Waals surface area (Å²) >= 11 is 5.84. The van der Waals surface area contributed by atoms with Crippen molar-refractivity contribution in [2.45, 2.75) is 33.3 Å². The third-order valence-electron chi connectivity index (χ3n) is 2.55. The maximum absolute atomic E-state index is 5.97. The van der Waals surface area contributed by atoms with Crippen molar-refractivity contribution in [3.05, 3.63) is 34.3 Å². The van der Waals surface area contributed by atoms with E-state index >= 15 is 0 Å². The van der Waals surface area contributed by atoms with Crippen LogP contribution in [0.5, 0.6) is 0 Å². The Morgan fingerprint density at radius 2 is 1.82 bits per heavy atom. The van der Waals surface area contributed by atoms with E-state index in [9.17, 15) is 0 Å². The average molecular weight is 411 g/mol. The summed E-state index contributed by atoms with van der Waals surface area (Å²) in [6, 6.07) is 8.40. The van der Waals surface area contributed by atoms with Gasteiger partial charge < -0.3 is 4.74 Å². The van der Waals surface area contributed by atoms with E-state index in [1.807, 2.05) is 0 Å². The highest BCUT2D eigenvalue weighted by molar-refractivity contribution is 14.1. The van der Waals surface area contributed by atoms with Crippen molar-refractivity contribution in [3.8, 4) is 0 Å². The molecule has 1 nitrogen and oxygen atoms in total. The van der Waals surface area contributed by atoms with Crippen LogP contribution in [-0.4, -0.2) is 11.0 Å². The van der Waals surface area contributed by atoms with Crippen LogP contribution in [-0.2, 0) is 4.74 Å². The SMILES string of the molecule is CC(C)(C)CCOC(CI)c1ccc(Br)cc1. The second-order valence-electron chi connectivity index (χ2n) is 5.38. The molecular formula is C14H20BrIO. The van der Waals surface area contributed by atoms with Gasteiger partial charge in [0, 0.05) is 15.5 Å². The second kappa shape index (κ2) is 7.10. The largest absolute Gasteiger partial charge is 0.373 e. The van der Waals surface area contributed by atoms with E-state index in [0.717, 1.165) is 21.9 Å².